The molecule has 0 radical (unpaired) electrons. The van der Waals surface area contributed by atoms with E-state index in [9.17, 15) is 21.4 Å². The Labute approximate surface area is 169 Å². The van der Waals surface area contributed by atoms with Gasteiger partial charge in [-0.2, -0.15) is 13.0 Å². The van der Waals surface area contributed by atoms with Gasteiger partial charge in [-0.25, -0.2) is 8.42 Å². The van der Waals surface area contributed by atoms with Crippen LogP contribution >= 0.6 is 11.3 Å². The topological polar surface area (TPSA) is 115 Å². The smallest absolute Gasteiger partial charge is 0.267 e. The van der Waals surface area contributed by atoms with E-state index in [1.165, 1.54) is 0 Å². The third-order valence-electron chi connectivity index (χ3n) is 5.43. The molecule has 0 fully saturated rings. The van der Waals surface area contributed by atoms with Crippen molar-refractivity contribution in [3.63, 3.8) is 0 Å². The van der Waals surface area contributed by atoms with E-state index in [-0.39, 0.29) is 12.2 Å². The molecule has 0 saturated carbocycles. The number of thiophene rings is 1. The number of hydrogen-bond donors (Lipinski definition) is 1. The molecule has 2 aromatic rings. The normalized spacial score (nSPS) is 20.1. The predicted molar refractivity (Wildman–Crippen MR) is 109 cm³/mol. The Bertz CT molecular complexity index is 1150. The maximum Gasteiger partial charge on any atom is 0.267 e. The zero-order valence-corrected chi connectivity index (χ0v) is 18.2. The van der Waals surface area contributed by atoms with Crippen LogP contribution in [0, 0.1) is 0 Å². The molecule has 1 atom stereocenters. The Hall–Kier alpha value is -1.33. The molecule has 28 heavy (non-hydrogen) atoms. The summed E-state index contributed by atoms with van der Waals surface area (Å²) in [5.74, 6) is -0.724. The molecule has 3 rings (SSSR count). The zero-order chi connectivity index (χ0) is 20.7. The lowest BCUT2D eigenvalue weighted by Gasteiger charge is -2.22. The summed E-state index contributed by atoms with van der Waals surface area (Å²) in [7, 11) is -8.30. The monoisotopic (exact) mass is 445 g/mol. The van der Waals surface area contributed by atoms with Gasteiger partial charge in [0.1, 0.15) is 0 Å². The molecule has 1 aromatic heterocycles. The molecule has 1 aliphatic heterocycles. The van der Waals surface area contributed by atoms with Gasteiger partial charge in [0.25, 0.3) is 15.1 Å². The lowest BCUT2D eigenvalue weighted by Crippen LogP contribution is -2.31. The minimum absolute atomic E-state index is 0.220. The van der Waals surface area contributed by atoms with Crippen molar-refractivity contribution in [2.24, 2.45) is 0 Å². The molecule has 1 unspecified atom stereocenters. The van der Waals surface area contributed by atoms with Gasteiger partial charge in [-0.3, -0.25) is 4.55 Å². The highest BCUT2D eigenvalue weighted by atomic mass is 32.2. The number of fused-ring (bicyclic) bond motifs is 3. The van der Waals surface area contributed by atoms with Crippen molar-refractivity contribution in [3.8, 4) is 0 Å². The molecule has 1 N–H and O–H groups in total. The predicted octanol–water partition coefficient (Wildman–Crippen LogP) is 2.88. The molecule has 154 valence electrons. The van der Waals surface area contributed by atoms with Crippen molar-refractivity contribution < 1.29 is 30.5 Å². The van der Waals surface area contributed by atoms with Gasteiger partial charge >= 0.3 is 0 Å². The molecule has 0 spiro atoms. The number of benzene rings is 1. The fourth-order valence-corrected chi connectivity index (χ4v) is 6.37. The van der Waals surface area contributed by atoms with Gasteiger partial charge in [-0.15, -0.1) is 0 Å². The molecule has 2 heterocycles. The second-order valence-corrected chi connectivity index (χ2v) is 11.5. The highest BCUT2D eigenvalue weighted by Crippen LogP contribution is 2.51. The summed E-state index contributed by atoms with van der Waals surface area (Å²) in [6, 6.07) is 7.96. The molecular weight excluding hydrogens is 422 g/mol. The summed E-state index contributed by atoms with van der Waals surface area (Å²) >= 11 is 1.61. The van der Waals surface area contributed by atoms with Crippen molar-refractivity contribution in [3.05, 3.63) is 29.8 Å². The van der Waals surface area contributed by atoms with E-state index in [4.69, 9.17) is 4.55 Å². The van der Waals surface area contributed by atoms with Crippen LogP contribution in [0.25, 0.3) is 10.1 Å². The molecular formula is C18H23NO6S3. The maximum absolute atomic E-state index is 11.2. The summed E-state index contributed by atoms with van der Waals surface area (Å²) in [5.41, 5.74) is 1.67. The third-order valence-corrected chi connectivity index (χ3v) is 8.22. The summed E-state index contributed by atoms with van der Waals surface area (Å²) in [6.45, 7) is 4.41. The van der Waals surface area contributed by atoms with Crippen LogP contribution in [0.5, 0.6) is 0 Å². The van der Waals surface area contributed by atoms with Gasteiger partial charge in [0.05, 0.1) is 26.8 Å². The fraction of sp³-hybridized carbons (Fsp3) is 0.500. The van der Waals surface area contributed by atoms with Crippen molar-refractivity contribution >= 4 is 52.4 Å². The zero-order valence-electron chi connectivity index (χ0n) is 15.7. The number of rotatable bonds is 8. The fourth-order valence-electron chi connectivity index (χ4n) is 3.97. The van der Waals surface area contributed by atoms with Gasteiger partial charge in [-0.05, 0) is 25.8 Å². The highest BCUT2D eigenvalue weighted by molar-refractivity contribution is 7.85. The summed E-state index contributed by atoms with van der Waals surface area (Å²) in [5, 5.41) is 2.10. The largest absolute Gasteiger partial charge is 0.748 e. The van der Waals surface area contributed by atoms with E-state index < -0.39 is 31.4 Å². The van der Waals surface area contributed by atoms with Crippen molar-refractivity contribution in [2.45, 2.75) is 38.5 Å². The van der Waals surface area contributed by atoms with Crippen molar-refractivity contribution in [1.29, 1.82) is 0 Å². The first kappa shape index (κ1) is 21.4. The minimum atomic E-state index is -4.27. The molecule has 10 heteroatoms. The van der Waals surface area contributed by atoms with Crippen LogP contribution < -0.4 is 0 Å². The molecule has 1 aliphatic rings. The lowest BCUT2D eigenvalue weighted by molar-refractivity contribution is -0.434. The number of nitrogens with zero attached hydrogens (tertiary/aromatic N) is 1. The molecule has 0 amide bonds. The van der Waals surface area contributed by atoms with E-state index in [1.807, 2.05) is 31.2 Å². The van der Waals surface area contributed by atoms with Gasteiger partial charge < -0.3 is 4.55 Å². The Morgan fingerprint density at radius 3 is 2.46 bits per heavy atom. The van der Waals surface area contributed by atoms with Gasteiger partial charge in [0, 0.05) is 29.2 Å². The first-order valence-electron chi connectivity index (χ1n) is 8.95. The molecule has 0 bridgehead atoms. The first-order chi connectivity index (χ1) is 12.9. The lowest BCUT2D eigenvalue weighted by atomic mass is 9.76. The second kappa shape index (κ2) is 7.49. The van der Waals surface area contributed by atoms with Crippen LogP contribution in [-0.2, 0) is 25.7 Å². The summed E-state index contributed by atoms with van der Waals surface area (Å²) in [6.07, 6.45) is 1.06. The summed E-state index contributed by atoms with van der Waals surface area (Å²) < 4.78 is 67.5. The van der Waals surface area contributed by atoms with Crippen molar-refractivity contribution in [1.82, 2.24) is 0 Å². The minimum Gasteiger partial charge on any atom is -0.748 e. The van der Waals surface area contributed by atoms with Crippen LogP contribution in [0.2, 0.25) is 0 Å². The SMILES string of the molecule is CC1=[N+](CCCS(=O)(=O)[O-])c2sc3ccccc3c2C1(C)CCCS(=O)(=O)O. The quantitative estimate of drug-likeness (QED) is 0.493. The maximum atomic E-state index is 11.2. The molecule has 1 aromatic carbocycles. The Balaban J connectivity index is 2.01. The second-order valence-electron chi connectivity index (χ2n) is 7.35. The van der Waals surface area contributed by atoms with Crippen LogP contribution in [0.3, 0.4) is 0 Å². The summed E-state index contributed by atoms with van der Waals surface area (Å²) in [4.78, 5) is 0. The van der Waals surface area contributed by atoms with E-state index in [1.54, 1.807) is 11.3 Å². The molecule has 0 saturated heterocycles. The Morgan fingerprint density at radius 1 is 1.14 bits per heavy atom. The molecule has 7 nitrogen and oxygen atoms in total. The highest BCUT2D eigenvalue weighted by Gasteiger charge is 2.48. The average molecular weight is 446 g/mol. The van der Waals surface area contributed by atoms with Gasteiger partial charge in [0.2, 0.25) is 0 Å². The average Bonchev–Trinajstić information content (AvgIpc) is 3.03. The first-order valence-corrected chi connectivity index (χ1v) is 12.9. The van der Waals surface area contributed by atoms with Crippen LogP contribution in [0.1, 0.15) is 38.7 Å². The van der Waals surface area contributed by atoms with E-state index in [2.05, 4.69) is 11.5 Å². The van der Waals surface area contributed by atoms with Crippen LogP contribution in [0.15, 0.2) is 24.3 Å². The van der Waals surface area contributed by atoms with Crippen LogP contribution in [-0.4, -0.2) is 54.3 Å². The van der Waals surface area contributed by atoms with E-state index >= 15 is 0 Å². The number of hydrogen-bond acceptors (Lipinski definition) is 6. The van der Waals surface area contributed by atoms with Crippen LogP contribution in [0.4, 0.5) is 5.00 Å². The van der Waals surface area contributed by atoms with Gasteiger partial charge in [-0.1, -0.05) is 29.5 Å². The third kappa shape index (κ3) is 4.30. The Morgan fingerprint density at radius 2 is 1.82 bits per heavy atom. The molecule has 0 aliphatic carbocycles. The Kier molecular flexibility index (Phi) is 5.72. The van der Waals surface area contributed by atoms with E-state index in [0.717, 1.165) is 26.4 Å². The van der Waals surface area contributed by atoms with E-state index in [0.29, 0.717) is 19.4 Å². The van der Waals surface area contributed by atoms with Crippen molar-refractivity contribution in [2.75, 3.05) is 18.1 Å². The van der Waals surface area contributed by atoms with Gasteiger partial charge in [0.15, 0.2) is 12.3 Å². The standard InChI is InChI=1S/C18H23NO6S3/c1-13-18(2,9-5-11-27(20,21)22)16-14-7-3-4-8-15(14)26-17(16)19(13)10-6-12-28(23,24)25/h3-4,7-8H,5-6,9-12H2,1-2H3,(H-,20,21,22,23,24,25).